The van der Waals surface area contributed by atoms with Crippen molar-refractivity contribution in [1.82, 2.24) is 10.2 Å². The number of aromatic amines is 1. The molecule has 0 aliphatic heterocycles. The lowest BCUT2D eigenvalue weighted by atomic mass is 10.2. The Labute approximate surface area is 124 Å². The second-order valence-corrected chi connectivity index (χ2v) is 5.50. The average Bonchev–Trinajstić information content (AvgIpc) is 3.19. The topological polar surface area (TPSA) is 81.0 Å². The zero-order valence-corrected chi connectivity index (χ0v) is 11.8. The Balaban J connectivity index is 1.95. The minimum atomic E-state index is -0.186. The largest absolute Gasteiger partial charge is 0.434 e. The van der Waals surface area contributed by atoms with Gasteiger partial charge in [-0.2, -0.15) is 0 Å². The van der Waals surface area contributed by atoms with E-state index < -0.39 is 0 Å². The molecule has 1 aromatic carbocycles. The number of benzene rings is 1. The quantitative estimate of drug-likeness (QED) is 0.852. The van der Waals surface area contributed by atoms with Crippen molar-refractivity contribution in [1.29, 1.82) is 0 Å². The molecule has 20 heavy (non-hydrogen) atoms. The van der Waals surface area contributed by atoms with Crippen molar-refractivity contribution in [3.05, 3.63) is 44.2 Å². The molecule has 0 bridgehead atoms. The molecule has 3 rings (SSSR count). The molecular weight excluding hydrogens is 301 g/mol. The van der Waals surface area contributed by atoms with Crippen molar-refractivity contribution in [2.45, 2.75) is 18.8 Å². The van der Waals surface area contributed by atoms with Gasteiger partial charge in [0, 0.05) is 17.3 Å². The fourth-order valence-electron chi connectivity index (χ4n) is 1.93. The van der Waals surface area contributed by atoms with Crippen molar-refractivity contribution in [2.75, 3.05) is 5.73 Å². The first-order valence-electron chi connectivity index (χ1n) is 6.06. The van der Waals surface area contributed by atoms with Crippen LogP contribution in [0.1, 0.15) is 24.3 Å². The van der Waals surface area contributed by atoms with Crippen molar-refractivity contribution in [3.63, 3.8) is 0 Å². The fourth-order valence-corrected chi connectivity index (χ4v) is 2.51. The summed E-state index contributed by atoms with van der Waals surface area (Å²) in [6.45, 7) is 0. The van der Waals surface area contributed by atoms with Crippen molar-refractivity contribution in [2.24, 2.45) is 0 Å². The predicted octanol–water partition coefficient (Wildman–Crippen LogP) is 3.33. The predicted molar refractivity (Wildman–Crippen MR) is 77.8 cm³/mol. The van der Waals surface area contributed by atoms with Gasteiger partial charge in [0.2, 0.25) is 5.88 Å². The maximum absolute atomic E-state index is 11.6. The molecule has 1 aliphatic rings. The molecule has 104 valence electrons. The third-order valence-electron chi connectivity index (χ3n) is 3.05. The molecule has 0 amide bonds. The molecule has 0 unspecified atom stereocenters. The van der Waals surface area contributed by atoms with Gasteiger partial charge in [-0.3, -0.25) is 4.79 Å². The Morgan fingerprint density at radius 2 is 1.90 bits per heavy atom. The highest BCUT2D eigenvalue weighted by Crippen LogP contribution is 2.40. The second-order valence-electron chi connectivity index (χ2n) is 4.68. The van der Waals surface area contributed by atoms with E-state index in [2.05, 4.69) is 10.2 Å². The Morgan fingerprint density at radius 1 is 1.25 bits per heavy atom. The number of H-pyrrole nitrogens is 1. The Hall–Kier alpha value is -1.72. The van der Waals surface area contributed by atoms with Gasteiger partial charge in [0.05, 0.1) is 10.0 Å². The van der Waals surface area contributed by atoms with Crippen molar-refractivity contribution in [3.8, 4) is 11.6 Å². The van der Waals surface area contributed by atoms with Crippen LogP contribution < -0.4 is 16.0 Å². The van der Waals surface area contributed by atoms with Crippen LogP contribution in [0, 0.1) is 0 Å². The zero-order chi connectivity index (χ0) is 14.3. The van der Waals surface area contributed by atoms with Crippen LogP contribution in [-0.4, -0.2) is 10.2 Å². The van der Waals surface area contributed by atoms with Gasteiger partial charge in [0.15, 0.2) is 5.75 Å². The van der Waals surface area contributed by atoms with Crippen molar-refractivity contribution >= 4 is 28.9 Å². The van der Waals surface area contributed by atoms with E-state index in [0.29, 0.717) is 17.2 Å². The first-order chi connectivity index (χ1) is 9.54. The molecule has 1 fully saturated rings. The number of nitrogens with one attached hydrogen (secondary N) is 1. The highest BCUT2D eigenvalue weighted by atomic mass is 35.5. The van der Waals surface area contributed by atoms with Gasteiger partial charge < -0.3 is 10.5 Å². The summed E-state index contributed by atoms with van der Waals surface area (Å²) in [5.74, 6) is 0.811. The number of hydrogen-bond acceptors (Lipinski definition) is 4. The summed E-state index contributed by atoms with van der Waals surface area (Å²) in [6.07, 6.45) is 2.02. The van der Waals surface area contributed by atoms with Gasteiger partial charge in [-0.1, -0.05) is 23.2 Å². The Bertz CT molecular complexity index is 703. The summed E-state index contributed by atoms with van der Waals surface area (Å²) in [6, 6.07) is 4.70. The van der Waals surface area contributed by atoms with Crippen LogP contribution in [0.5, 0.6) is 11.6 Å². The van der Waals surface area contributed by atoms with Gasteiger partial charge in [-0.25, -0.2) is 5.10 Å². The lowest BCUT2D eigenvalue weighted by Gasteiger charge is -2.09. The number of nitrogens with two attached hydrogens (primary N) is 1. The lowest BCUT2D eigenvalue weighted by Crippen LogP contribution is -2.13. The zero-order valence-electron chi connectivity index (χ0n) is 10.3. The lowest BCUT2D eigenvalue weighted by molar-refractivity contribution is 0.453. The maximum Gasteiger partial charge on any atom is 0.267 e. The van der Waals surface area contributed by atoms with E-state index in [9.17, 15) is 4.79 Å². The average molecular weight is 312 g/mol. The van der Waals surface area contributed by atoms with Gasteiger partial charge in [0.1, 0.15) is 0 Å². The van der Waals surface area contributed by atoms with Crippen LogP contribution in [-0.2, 0) is 0 Å². The Kier molecular flexibility index (Phi) is 3.31. The van der Waals surface area contributed by atoms with Crippen LogP contribution in [0.3, 0.4) is 0 Å². The molecule has 5 nitrogen and oxygen atoms in total. The summed E-state index contributed by atoms with van der Waals surface area (Å²) in [5, 5.41) is 6.84. The molecule has 1 saturated carbocycles. The molecular formula is C13H11Cl2N3O2. The van der Waals surface area contributed by atoms with Gasteiger partial charge in [0.25, 0.3) is 5.56 Å². The SMILES string of the molecule is Nc1cc(Cl)c(Oc2cc(C3CC3)c(=O)[nH]n2)c(Cl)c1. The van der Waals surface area contributed by atoms with Gasteiger partial charge in [-0.05, 0) is 30.9 Å². The van der Waals surface area contributed by atoms with Crippen LogP contribution in [0.2, 0.25) is 10.0 Å². The molecule has 1 aromatic heterocycles. The van der Waals surface area contributed by atoms with E-state index in [1.54, 1.807) is 6.07 Å². The molecule has 0 atom stereocenters. The van der Waals surface area contributed by atoms with Gasteiger partial charge in [-0.15, -0.1) is 5.10 Å². The number of aromatic nitrogens is 2. The van der Waals surface area contributed by atoms with E-state index in [1.807, 2.05) is 0 Å². The third kappa shape index (κ3) is 2.59. The smallest absolute Gasteiger partial charge is 0.267 e. The van der Waals surface area contributed by atoms with Crippen LogP contribution in [0.15, 0.2) is 23.0 Å². The summed E-state index contributed by atoms with van der Waals surface area (Å²) >= 11 is 12.1. The number of halogens is 2. The number of hydrogen-bond donors (Lipinski definition) is 2. The number of rotatable bonds is 3. The molecule has 2 aromatic rings. The fraction of sp³-hybridized carbons (Fsp3) is 0.231. The Morgan fingerprint density at radius 3 is 2.50 bits per heavy atom. The number of nitrogen functional groups attached to an aromatic ring is 1. The highest BCUT2D eigenvalue weighted by molar-refractivity contribution is 6.37. The number of anilines is 1. The van der Waals surface area contributed by atoms with Gasteiger partial charge >= 0.3 is 0 Å². The third-order valence-corrected chi connectivity index (χ3v) is 3.61. The molecule has 0 spiro atoms. The molecule has 0 saturated heterocycles. The van der Waals surface area contributed by atoms with E-state index >= 15 is 0 Å². The minimum Gasteiger partial charge on any atom is -0.434 e. The van der Waals surface area contributed by atoms with Crippen LogP contribution in [0.4, 0.5) is 5.69 Å². The molecule has 1 heterocycles. The highest BCUT2D eigenvalue weighted by Gasteiger charge is 2.27. The van der Waals surface area contributed by atoms with Crippen molar-refractivity contribution < 1.29 is 4.74 Å². The summed E-state index contributed by atoms with van der Waals surface area (Å²) in [5.41, 5.74) is 6.56. The van der Waals surface area contributed by atoms with Crippen LogP contribution in [0.25, 0.3) is 0 Å². The van der Waals surface area contributed by atoms with E-state index in [0.717, 1.165) is 12.8 Å². The molecule has 7 heteroatoms. The second kappa shape index (κ2) is 5.00. The molecule has 1 aliphatic carbocycles. The van der Waals surface area contributed by atoms with Crippen LogP contribution >= 0.6 is 23.2 Å². The monoisotopic (exact) mass is 311 g/mol. The summed E-state index contributed by atoms with van der Waals surface area (Å²) in [7, 11) is 0. The first-order valence-corrected chi connectivity index (χ1v) is 6.82. The van der Waals surface area contributed by atoms with E-state index in [1.165, 1.54) is 12.1 Å². The first kappa shape index (κ1) is 13.3. The number of nitrogens with zero attached hydrogens (tertiary/aromatic N) is 1. The maximum atomic E-state index is 11.6. The number of ether oxygens (including phenoxy) is 1. The minimum absolute atomic E-state index is 0.186. The standard InChI is InChI=1S/C13H11Cl2N3O2/c14-9-3-7(16)4-10(15)12(9)20-11-5-8(6-1-2-6)13(19)18-17-11/h3-6H,1-2,16H2,(H,18,19). The molecule has 0 radical (unpaired) electrons. The van der Waals surface area contributed by atoms with E-state index in [4.69, 9.17) is 33.7 Å². The summed E-state index contributed by atoms with van der Waals surface area (Å²) < 4.78 is 5.57. The van der Waals surface area contributed by atoms with E-state index in [-0.39, 0.29) is 27.2 Å². The summed E-state index contributed by atoms with van der Waals surface area (Å²) in [4.78, 5) is 11.6. The normalized spacial score (nSPS) is 14.3. The molecule has 3 N–H and O–H groups in total.